The fourth-order valence-corrected chi connectivity index (χ4v) is 3.97. The fourth-order valence-electron chi connectivity index (χ4n) is 3.97. The summed E-state index contributed by atoms with van der Waals surface area (Å²) in [5.74, 6) is 0.0204. The molecule has 4 rings (SSSR count). The van der Waals surface area contributed by atoms with E-state index in [9.17, 15) is 9.18 Å². The standard InChI is InChI=1S/C21H20FNO2/c1-2-25-21(24)14-9-10-19-18(12-14)16-7-4-8-17(16)20(23-19)13-5-3-6-15(22)11-13/h3-7,9-12,16-17,20,23H,2,8H2,1H3/t16-,17+,20+/m1/s1. The minimum Gasteiger partial charge on any atom is -0.462 e. The van der Waals surface area contributed by atoms with E-state index in [4.69, 9.17) is 4.74 Å². The minimum absolute atomic E-state index is 0.0524. The maximum absolute atomic E-state index is 13.7. The van der Waals surface area contributed by atoms with Crippen LogP contribution in [0.15, 0.2) is 54.6 Å². The Morgan fingerprint density at radius 3 is 2.96 bits per heavy atom. The summed E-state index contributed by atoms with van der Waals surface area (Å²) in [6.07, 6.45) is 5.31. The van der Waals surface area contributed by atoms with Gasteiger partial charge in [0.1, 0.15) is 5.82 Å². The molecule has 0 saturated carbocycles. The Balaban J connectivity index is 1.72. The number of nitrogens with one attached hydrogen (secondary N) is 1. The molecule has 3 nitrogen and oxygen atoms in total. The van der Waals surface area contributed by atoms with Crippen LogP contribution in [0.4, 0.5) is 10.1 Å². The van der Waals surface area contributed by atoms with Crippen molar-refractivity contribution in [2.45, 2.75) is 25.3 Å². The van der Waals surface area contributed by atoms with Crippen molar-refractivity contribution in [1.29, 1.82) is 0 Å². The van der Waals surface area contributed by atoms with Crippen LogP contribution in [-0.4, -0.2) is 12.6 Å². The first kappa shape index (κ1) is 15.9. The van der Waals surface area contributed by atoms with Crippen molar-refractivity contribution in [2.24, 2.45) is 5.92 Å². The summed E-state index contributed by atoms with van der Waals surface area (Å²) in [5.41, 5.74) is 3.64. The predicted molar refractivity (Wildman–Crippen MR) is 95.2 cm³/mol. The van der Waals surface area contributed by atoms with Gasteiger partial charge in [-0.3, -0.25) is 0 Å². The minimum atomic E-state index is -0.295. The second-order valence-electron chi connectivity index (χ2n) is 6.55. The second kappa shape index (κ2) is 6.36. The van der Waals surface area contributed by atoms with Crippen molar-refractivity contribution in [2.75, 3.05) is 11.9 Å². The van der Waals surface area contributed by atoms with Crippen molar-refractivity contribution in [1.82, 2.24) is 0 Å². The van der Waals surface area contributed by atoms with Gasteiger partial charge in [0.2, 0.25) is 0 Å². The van der Waals surface area contributed by atoms with Gasteiger partial charge in [-0.25, -0.2) is 9.18 Å². The van der Waals surface area contributed by atoms with E-state index in [-0.39, 0.29) is 23.7 Å². The quantitative estimate of drug-likeness (QED) is 0.644. The zero-order chi connectivity index (χ0) is 17.4. The van der Waals surface area contributed by atoms with Gasteiger partial charge in [-0.05, 0) is 60.7 Å². The average molecular weight is 337 g/mol. The lowest BCUT2D eigenvalue weighted by Gasteiger charge is -2.37. The molecule has 1 N–H and O–H groups in total. The van der Waals surface area contributed by atoms with Gasteiger partial charge in [0.25, 0.3) is 0 Å². The molecule has 2 aromatic rings. The van der Waals surface area contributed by atoms with E-state index in [2.05, 4.69) is 17.5 Å². The lowest BCUT2D eigenvalue weighted by molar-refractivity contribution is 0.0526. The summed E-state index contributed by atoms with van der Waals surface area (Å²) >= 11 is 0. The molecule has 1 heterocycles. The summed E-state index contributed by atoms with van der Waals surface area (Å²) in [6.45, 7) is 2.17. The monoisotopic (exact) mass is 337 g/mol. The highest BCUT2D eigenvalue weighted by molar-refractivity contribution is 5.90. The first-order valence-electron chi connectivity index (χ1n) is 8.67. The molecule has 0 spiro atoms. The van der Waals surface area contributed by atoms with Gasteiger partial charge in [-0.1, -0.05) is 24.3 Å². The highest BCUT2D eigenvalue weighted by Gasteiger charge is 2.38. The van der Waals surface area contributed by atoms with Crippen molar-refractivity contribution in [3.05, 3.63) is 77.1 Å². The van der Waals surface area contributed by atoms with Gasteiger partial charge in [0, 0.05) is 11.6 Å². The van der Waals surface area contributed by atoms with E-state index >= 15 is 0 Å². The van der Waals surface area contributed by atoms with E-state index in [1.807, 2.05) is 18.2 Å². The fraction of sp³-hybridized carbons (Fsp3) is 0.286. The third-order valence-corrected chi connectivity index (χ3v) is 5.08. The van der Waals surface area contributed by atoms with Gasteiger partial charge in [-0.15, -0.1) is 0 Å². The lowest BCUT2D eigenvalue weighted by atomic mass is 9.76. The van der Waals surface area contributed by atoms with E-state index in [1.165, 1.54) is 6.07 Å². The van der Waals surface area contributed by atoms with Crippen LogP contribution >= 0.6 is 0 Å². The van der Waals surface area contributed by atoms with Crippen LogP contribution in [0.1, 0.15) is 46.8 Å². The molecule has 0 unspecified atom stereocenters. The molecule has 2 aliphatic rings. The Hall–Kier alpha value is -2.62. The summed E-state index contributed by atoms with van der Waals surface area (Å²) in [4.78, 5) is 12.0. The van der Waals surface area contributed by atoms with Gasteiger partial charge in [0.15, 0.2) is 0 Å². The van der Waals surface area contributed by atoms with Crippen molar-refractivity contribution < 1.29 is 13.9 Å². The van der Waals surface area contributed by atoms with E-state index in [0.717, 1.165) is 23.2 Å². The van der Waals surface area contributed by atoms with Crippen LogP contribution in [-0.2, 0) is 4.74 Å². The van der Waals surface area contributed by atoms with Crippen LogP contribution < -0.4 is 5.32 Å². The Morgan fingerprint density at radius 1 is 1.28 bits per heavy atom. The number of hydrogen-bond acceptors (Lipinski definition) is 3. The predicted octanol–water partition coefficient (Wildman–Crippen LogP) is 4.83. The summed E-state index contributed by atoms with van der Waals surface area (Å²) in [7, 11) is 0. The zero-order valence-electron chi connectivity index (χ0n) is 14.0. The van der Waals surface area contributed by atoms with Crippen molar-refractivity contribution >= 4 is 11.7 Å². The molecular formula is C21H20FNO2. The van der Waals surface area contributed by atoms with Crippen LogP contribution in [0.5, 0.6) is 0 Å². The Bertz CT molecular complexity index is 846. The summed E-state index contributed by atoms with van der Waals surface area (Å²) < 4.78 is 18.8. The second-order valence-corrected chi connectivity index (χ2v) is 6.55. The maximum atomic E-state index is 13.7. The first-order valence-corrected chi connectivity index (χ1v) is 8.67. The molecule has 3 atom stereocenters. The van der Waals surface area contributed by atoms with Gasteiger partial charge in [-0.2, -0.15) is 0 Å². The number of benzene rings is 2. The molecule has 0 bridgehead atoms. The molecule has 0 radical (unpaired) electrons. The van der Waals surface area contributed by atoms with Crippen molar-refractivity contribution in [3.8, 4) is 0 Å². The molecule has 0 amide bonds. The third kappa shape index (κ3) is 2.82. The molecule has 1 aliphatic carbocycles. The van der Waals surface area contributed by atoms with E-state index in [0.29, 0.717) is 18.1 Å². The highest BCUT2D eigenvalue weighted by atomic mass is 19.1. The van der Waals surface area contributed by atoms with E-state index in [1.54, 1.807) is 25.1 Å². The molecule has 0 saturated heterocycles. The van der Waals surface area contributed by atoms with E-state index < -0.39 is 0 Å². The number of allylic oxidation sites excluding steroid dienone is 2. The van der Waals surface area contributed by atoms with Gasteiger partial charge < -0.3 is 10.1 Å². The Labute approximate surface area is 146 Å². The highest BCUT2D eigenvalue weighted by Crippen LogP contribution is 2.49. The maximum Gasteiger partial charge on any atom is 0.338 e. The number of carbonyl (C=O) groups excluding carboxylic acids is 1. The zero-order valence-corrected chi connectivity index (χ0v) is 14.0. The van der Waals surface area contributed by atoms with Crippen LogP contribution in [0.25, 0.3) is 0 Å². The number of ether oxygens (including phenoxy) is 1. The van der Waals surface area contributed by atoms with Crippen LogP contribution in [0.2, 0.25) is 0 Å². The number of esters is 1. The number of anilines is 1. The third-order valence-electron chi connectivity index (χ3n) is 5.08. The summed E-state index contributed by atoms with van der Waals surface area (Å²) in [5, 5.41) is 3.55. The smallest absolute Gasteiger partial charge is 0.338 e. The van der Waals surface area contributed by atoms with Crippen LogP contribution in [0.3, 0.4) is 0 Å². The van der Waals surface area contributed by atoms with Gasteiger partial charge >= 0.3 is 5.97 Å². The molecule has 0 aromatic heterocycles. The Morgan fingerprint density at radius 2 is 2.16 bits per heavy atom. The number of halogens is 1. The number of rotatable bonds is 3. The van der Waals surface area contributed by atoms with Gasteiger partial charge in [0.05, 0.1) is 18.2 Å². The molecular weight excluding hydrogens is 317 g/mol. The first-order chi connectivity index (χ1) is 12.2. The number of carbonyl (C=O) groups is 1. The van der Waals surface area contributed by atoms with Crippen LogP contribution in [0, 0.1) is 11.7 Å². The molecule has 1 aliphatic heterocycles. The topological polar surface area (TPSA) is 38.3 Å². The lowest BCUT2D eigenvalue weighted by Crippen LogP contribution is -2.29. The SMILES string of the molecule is CCOC(=O)c1ccc2c(c1)[C@@H]1C=CC[C@@H]1[C@H](c1cccc(F)c1)N2. The Kier molecular flexibility index (Phi) is 4.04. The average Bonchev–Trinajstić information content (AvgIpc) is 3.11. The normalized spacial score (nSPS) is 23.5. The number of hydrogen-bond donors (Lipinski definition) is 1. The number of fused-ring (bicyclic) bond motifs is 3. The summed E-state index contributed by atoms with van der Waals surface area (Å²) in [6, 6.07) is 12.5. The largest absolute Gasteiger partial charge is 0.462 e. The molecule has 25 heavy (non-hydrogen) atoms. The molecule has 2 aromatic carbocycles. The van der Waals surface area contributed by atoms with Crippen molar-refractivity contribution in [3.63, 3.8) is 0 Å². The molecule has 128 valence electrons. The molecule has 4 heteroatoms. The molecule has 0 fully saturated rings.